The van der Waals surface area contributed by atoms with Crippen molar-refractivity contribution in [3.05, 3.63) is 35.4 Å². The lowest BCUT2D eigenvalue weighted by Crippen LogP contribution is -2.52. The Labute approximate surface area is 206 Å². The third-order valence-electron chi connectivity index (χ3n) is 6.96. The van der Waals surface area contributed by atoms with E-state index in [-0.39, 0.29) is 11.9 Å². The number of nitrogens with zero attached hydrogens (tertiary/aromatic N) is 2. The highest BCUT2D eigenvalue weighted by atomic mass is 19.4. The predicted molar refractivity (Wildman–Crippen MR) is 128 cm³/mol. The number of carbonyl (C=O) groups excluding carboxylic acids is 2. The Hall–Kier alpha value is -2.29. The second-order valence-electron chi connectivity index (χ2n) is 10.9. The minimum absolute atomic E-state index is 0.0245. The fraction of sp³-hybridized carbons (Fsp3) is 0.692. The Kier molecular flexibility index (Phi) is 8.40. The van der Waals surface area contributed by atoms with Gasteiger partial charge in [0.15, 0.2) is 0 Å². The van der Waals surface area contributed by atoms with E-state index in [1.807, 2.05) is 6.92 Å². The first-order valence-electron chi connectivity index (χ1n) is 12.4. The van der Waals surface area contributed by atoms with Crippen molar-refractivity contribution in [3.63, 3.8) is 0 Å². The number of nitrogens with one attached hydrogen (secondary N) is 1. The monoisotopic (exact) mass is 497 g/mol. The van der Waals surface area contributed by atoms with Gasteiger partial charge in [0, 0.05) is 32.7 Å². The van der Waals surface area contributed by atoms with Gasteiger partial charge >= 0.3 is 12.3 Å². The van der Waals surface area contributed by atoms with Crippen LogP contribution in [0.3, 0.4) is 0 Å². The van der Waals surface area contributed by atoms with Crippen LogP contribution in [0.4, 0.5) is 18.0 Å². The van der Waals surface area contributed by atoms with Crippen LogP contribution in [0.5, 0.6) is 0 Å². The largest absolute Gasteiger partial charge is 0.444 e. The van der Waals surface area contributed by atoms with Gasteiger partial charge in [-0.05, 0) is 69.6 Å². The van der Waals surface area contributed by atoms with E-state index in [9.17, 15) is 22.8 Å². The van der Waals surface area contributed by atoms with E-state index < -0.39 is 29.5 Å². The van der Waals surface area contributed by atoms with E-state index in [0.717, 1.165) is 50.0 Å². The number of ether oxygens (including phenoxy) is 1. The lowest BCUT2D eigenvalue weighted by molar-refractivity contribution is -0.137. The molecule has 4 atom stereocenters. The molecule has 1 aromatic carbocycles. The first kappa shape index (κ1) is 27.3. The Morgan fingerprint density at radius 3 is 2.37 bits per heavy atom. The topological polar surface area (TPSA) is 61.9 Å². The van der Waals surface area contributed by atoms with Crippen molar-refractivity contribution in [2.24, 2.45) is 11.8 Å². The maximum Gasteiger partial charge on any atom is 0.416 e. The summed E-state index contributed by atoms with van der Waals surface area (Å²) >= 11 is 0. The summed E-state index contributed by atoms with van der Waals surface area (Å²) in [6.07, 6.45) is -1.66. The molecule has 1 aromatic rings. The second kappa shape index (κ2) is 10.8. The Morgan fingerprint density at radius 2 is 1.80 bits per heavy atom. The fourth-order valence-corrected chi connectivity index (χ4v) is 5.24. The number of likely N-dealkylation sites (tertiary alicyclic amines) is 1. The summed E-state index contributed by atoms with van der Waals surface area (Å²) in [6.45, 7) is 9.61. The average Bonchev–Trinajstić information content (AvgIpc) is 3.31. The molecule has 1 saturated heterocycles. The van der Waals surface area contributed by atoms with Gasteiger partial charge in [-0.3, -0.25) is 14.6 Å². The molecule has 0 bridgehead atoms. The van der Waals surface area contributed by atoms with E-state index >= 15 is 0 Å². The number of carbonyl (C=O) groups is 2. The molecule has 6 nitrogen and oxygen atoms in total. The number of fused-ring (bicyclic) bond motifs is 1. The number of hydrogen-bond acceptors (Lipinski definition) is 4. The predicted octanol–water partition coefficient (Wildman–Crippen LogP) is 5.07. The molecule has 2 amide bonds. The van der Waals surface area contributed by atoms with Crippen LogP contribution >= 0.6 is 0 Å². The van der Waals surface area contributed by atoms with Crippen molar-refractivity contribution in [1.29, 1.82) is 0 Å². The van der Waals surface area contributed by atoms with Crippen LogP contribution in [-0.4, -0.2) is 59.6 Å². The maximum absolute atomic E-state index is 13.2. The number of benzene rings is 1. The molecule has 1 aliphatic carbocycles. The van der Waals surface area contributed by atoms with Gasteiger partial charge in [-0.25, -0.2) is 4.79 Å². The van der Waals surface area contributed by atoms with Gasteiger partial charge in [0.2, 0.25) is 5.91 Å². The zero-order chi connectivity index (χ0) is 26.0. The molecule has 2 fully saturated rings. The van der Waals surface area contributed by atoms with Crippen LogP contribution < -0.4 is 5.32 Å². The highest BCUT2D eigenvalue weighted by Crippen LogP contribution is 2.39. The average molecular weight is 498 g/mol. The fourth-order valence-electron chi connectivity index (χ4n) is 5.24. The van der Waals surface area contributed by atoms with Crippen LogP contribution in [0, 0.1) is 11.8 Å². The molecule has 0 unspecified atom stereocenters. The Bertz CT molecular complexity index is 883. The number of alkyl halides is 3. The van der Waals surface area contributed by atoms with Crippen molar-refractivity contribution < 1.29 is 27.5 Å². The lowest BCUT2D eigenvalue weighted by Gasteiger charge is -2.31. The summed E-state index contributed by atoms with van der Waals surface area (Å²) in [5.74, 6) is 0.581. The van der Waals surface area contributed by atoms with Gasteiger partial charge in [0.25, 0.3) is 0 Å². The van der Waals surface area contributed by atoms with Gasteiger partial charge in [-0.2, -0.15) is 13.2 Å². The summed E-state index contributed by atoms with van der Waals surface area (Å²) in [6, 6.07) is 4.76. The zero-order valence-electron chi connectivity index (χ0n) is 21.3. The second-order valence-corrected chi connectivity index (χ2v) is 10.9. The van der Waals surface area contributed by atoms with Crippen molar-refractivity contribution >= 4 is 12.0 Å². The van der Waals surface area contributed by atoms with Crippen LogP contribution in [0.15, 0.2) is 24.3 Å². The van der Waals surface area contributed by atoms with E-state index in [2.05, 4.69) is 10.2 Å². The molecule has 9 heteroatoms. The summed E-state index contributed by atoms with van der Waals surface area (Å²) in [7, 11) is 1.60. The van der Waals surface area contributed by atoms with E-state index in [1.54, 1.807) is 27.8 Å². The van der Waals surface area contributed by atoms with E-state index in [4.69, 9.17) is 4.74 Å². The summed E-state index contributed by atoms with van der Waals surface area (Å²) < 4.78 is 43.9. The lowest BCUT2D eigenvalue weighted by atomic mass is 9.97. The normalized spacial score (nSPS) is 23.6. The molecule has 1 saturated carbocycles. The molecule has 1 aliphatic heterocycles. The zero-order valence-corrected chi connectivity index (χ0v) is 21.3. The van der Waals surface area contributed by atoms with Gasteiger partial charge < -0.3 is 10.1 Å². The summed E-state index contributed by atoms with van der Waals surface area (Å²) in [5.41, 5.74) is -0.432. The molecular formula is C26H38F3N3O3. The standard InChI is InChI=1S/C26H38F3N3O3/c1-6-7-22(31(5)24(34)35-25(2,3)4)23(33)30-21-13-10-18-15-32(16-20(18)21)14-17-8-11-19(12-9-17)26(27,28)29/h8-9,11-12,18,20-22H,6-7,10,13-16H2,1-5H3,(H,30,33)/t18-,20+,21+,22-/m0/s1. The van der Waals surface area contributed by atoms with Crippen LogP contribution in [0.25, 0.3) is 0 Å². The Morgan fingerprint density at radius 1 is 1.14 bits per heavy atom. The van der Waals surface area contributed by atoms with Crippen LogP contribution in [0.1, 0.15) is 64.5 Å². The molecule has 35 heavy (non-hydrogen) atoms. The third-order valence-corrected chi connectivity index (χ3v) is 6.96. The molecule has 196 valence electrons. The molecule has 0 radical (unpaired) electrons. The first-order chi connectivity index (χ1) is 16.3. The summed E-state index contributed by atoms with van der Waals surface area (Å²) in [5, 5.41) is 3.20. The number of rotatable bonds is 7. The van der Waals surface area contributed by atoms with Crippen molar-refractivity contribution in [2.45, 2.75) is 83.8 Å². The molecule has 1 heterocycles. The molecule has 2 aliphatic rings. The maximum atomic E-state index is 13.2. The van der Waals surface area contributed by atoms with Gasteiger partial charge in [0.1, 0.15) is 11.6 Å². The highest BCUT2D eigenvalue weighted by molar-refractivity contribution is 5.85. The number of amides is 2. The van der Waals surface area contributed by atoms with Gasteiger partial charge in [-0.1, -0.05) is 25.5 Å². The highest BCUT2D eigenvalue weighted by Gasteiger charge is 2.44. The van der Waals surface area contributed by atoms with Gasteiger partial charge in [-0.15, -0.1) is 0 Å². The van der Waals surface area contributed by atoms with E-state index in [0.29, 0.717) is 24.8 Å². The number of hydrogen-bond donors (Lipinski definition) is 1. The smallest absolute Gasteiger partial charge is 0.416 e. The van der Waals surface area contributed by atoms with Crippen molar-refractivity contribution in [3.8, 4) is 0 Å². The van der Waals surface area contributed by atoms with Crippen molar-refractivity contribution in [2.75, 3.05) is 20.1 Å². The Balaban J connectivity index is 1.58. The number of likely N-dealkylation sites (N-methyl/N-ethyl adjacent to an activating group) is 1. The quantitative estimate of drug-likeness (QED) is 0.572. The van der Waals surface area contributed by atoms with E-state index in [1.165, 1.54) is 17.0 Å². The number of halogens is 3. The minimum Gasteiger partial charge on any atom is -0.444 e. The summed E-state index contributed by atoms with van der Waals surface area (Å²) in [4.78, 5) is 29.4. The molecule has 3 rings (SSSR count). The minimum atomic E-state index is -4.33. The van der Waals surface area contributed by atoms with Crippen LogP contribution in [0.2, 0.25) is 0 Å². The van der Waals surface area contributed by atoms with Gasteiger partial charge in [0.05, 0.1) is 5.56 Å². The molecule has 0 spiro atoms. The molecular weight excluding hydrogens is 459 g/mol. The van der Waals surface area contributed by atoms with Crippen molar-refractivity contribution in [1.82, 2.24) is 15.1 Å². The molecule has 1 N–H and O–H groups in total. The third kappa shape index (κ3) is 7.12. The van der Waals surface area contributed by atoms with Crippen LogP contribution in [-0.2, 0) is 22.3 Å². The first-order valence-corrected chi connectivity index (χ1v) is 12.4. The molecule has 0 aromatic heterocycles. The SMILES string of the molecule is CCC[C@@H](C(=O)N[C@@H]1CC[C@H]2CN(Cc3ccc(C(F)(F)F)cc3)C[C@H]21)N(C)C(=O)OC(C)(C)C.